The Morgan fingerprint density at radius 3 is 3.00 bits per heavy atom. The first kappa shape index (κ1) is 8.25. The topological polar surface area (TPSA) is 50.7 Å². The maximum Gasteiger partial charge on any atom is 0.331 e. The molecule has 0 aliphatic rings. The lowest BCUT2D eigenvalue weighted by Crippen LogP contribution is -2.14. The molecule has 0 unspecified atom stereocenters. The average molecular weight is 240 g/mol. The van der Waals surface area contributed by atoms with Crippen molar-refractivity contribution in [2.24, 2.45) is 0 Å². The number of aromatic amines is 1. The summed E-state index contributed by atoms with van der Waals surface area (Å²) < 4.78 is 2.33. The van der Waals surface area contributed by atoms with Gasteiger partial charge in [-0.05, 0) is 12.1 Å². The van der Waals surface area contributed by atoms with E-state index in [9.17, 15) is 4.79 Å². The van der Waals surface area contributed by atoms with Crippen LogP contribution in [0.1, 0.15) is 0 Å². The number of halogens is 1. The predicted octanol–water partition coefficient (Wildman–Crippen LogP) is 1.32. The van der Waals surface area contributed by atoms with Gasteiger partial charge in [0.05, 0.1) is 0 Å². The molecule has 1 N–H and O–H groups in total. The fourth-order valence-electron chi connectivity index (χ4n) is 1.03. The fraction of sp³-hybridized carbons (Fsp3) is 0. The Hall–Kier alpha value is -1.36. The van der Waals surface area contributed by atoms with E-state index in [1.807, 2.05) is 0 Å². The van der Waals surface area contributed by atoms with E-state index in [0.29, 0.717) is 5.82 Å². The van der Waals surface area contributed by atoms with Crippen LogP contribution in [-0.4, -0.2) is 14.5 Å². The van der Waals surface area contributed by atoms with Crippen LogP contribution in [0.3, 0.4) is 0 Å². The third-order valence-corrected chi connectivity index (χ3v) is 2.10. The maximum absolute atomic E-state index is 11.2. The molecule has 0 saturated heterocycles. The average Bonchev–Trinajstić information content (AvgIpc) is 2.51. The fourth-order valence-corrected chi connectivity index (χ4v) is 1.35. The molecule has 13 heavy (non-hydrogen) atoms. The number of rotatable bonds is 1. The van der Waals surface area contributed by atoms with Crippen LogP contribution < -0.4 is 5.69 Å². The Balaban J connectivity index is 2.59. The van der Waals surface area contributed by atoms with Crippen LogP contribution in [0.25, 0.3) is 5.82 Å². The van der Waals surface area contributed by atoms with Crippen LogP contribution in [0.4, 0.5) is 0 Å². The molecule has 0 aliphatic heterocycles. The summed E-state index contributed by atoms with van der Waals surface area (Å²) in [5, 5.41) is 0. The number of aromatic nitrogens is 3. The summed E-state index contributed by atoms with van der Waals surface area (Å²) in [6, 6.07) is 3.58. The van der Waals surface area contributed by atoms with Crippen LogP contribution in [0.2, 0.25) is 0 Å². The number of hydrogen-bond donors (Lipinski definition) is 1. The molecule has 0 radical (unpaired) electrons. The second-order valence-electron chi connectivity index (χ2n) is 2.47. The zero-order chi connectivity index (χ0) is 9.26. The molecule has 2 heterocycles. The van der Waals surface area contributed by atoms with E-state index >= 15 is 0 Å². The van der Waals surface area contributed by atoms with Crippen molar-refractivity contribution in [1.82, 2.24) is 14.5 Å². The van der Waals surface area contributed by atoms with Gasteiger partial charge in [0.1, 0.15) is 5.82 Å². The Bertz CT molecular complexity index is 474. The zero-order valence-corrected chi connectivity index (χ0v) is 8.15. The highest BCUT2D eigenvalue weighted by molar-refractivity contribution is 9.10. The van der Waals surface area contributed by atoms with Gasteiger partial charge in [-0.3, -0.25) is 4.57 Å². The van der Waals surface area contributed by atoms with Gasteiger partial charge >= 0.3 is 5.69 Å². The largest absolute Gasteiger partial charge is 0.331 e. The van der Waals surface area contributed by atoms with E-state index in [-0.39, 0.29) is 5.69 Å². The van der Waals surface area contributed by atoms with E-state index in [2.05, 4.69) is 25.9 Å². The third-order valence-electron chi connectivity index (χ3n) is 1.60. The normalized spacial score (nSPS) is 10.2. The van der Waals surface area contributed by atoms with Gasteiger partial charge in [0, 0.05) is 23.1 Å². The molecule has 0 aromatic carbocycles. The van der Waals surface area contributed by atoms with Gasteiger partial charge in [-0.2, -0.15) is 0 Å². The number of imidazole rings is 1. The third kappa shape index (κ3) is 1.55. The molecule has 0 aliphatic carbocycles. The lowest BCUT2D eigenvalue weighted by Gasteiger charge is -1.98. The van der Waals surface area contributed by atoms with E-state index in [0.717, 1.165) is 4.47 Å². The molecular weight excluding hydrogens is 234 g/mol. The van der Waals surface area contributed by atoms with Gasteiger partial charge in [0.25, 0.3) is 0 Å². The Morgan fingerprint density at radius 1 is 1.54 bits per heavy atom. The molecule has 2 aromatic heterocycles. The highest BCUT2D eigenvalue weighted by Crippen LogP contribution is 2.10. The lowest BCUT2D eigenvalue weighted by molar-refractivity contribution is 0.939. The number of nitrogens with zero attached hydrogens (tertiary/aromatic N) is 2. The van der Waals surface area contributed by atoms with Gasteiger partial charge in [-0.25, -0.2) is 9.78 Å². The zero-order valence-electron chi connectivity index (χ0n) is 6.57. The highest BCUT2D eigenvalue weighted by Gasteiger charge is 2.00. The van der Waals surface area contributed by atoms with Gasteiger partial charge in [-0.15, -0.1) is 0 Å². The van der Waals surface area contributed by atoms with Gasteiger partial charge in [0.2, 0.25) is 0 Å². The van der Waals surface area contributed by atoms with Crippen LogP contribution >= 0.6 is 15.9 Å². The minimum Gasteiger partial charge on any atom is -0.312 e. The van der Waals surface area contributed by atoms with Crippen molar-refractivity contribution in [2.75, 3.05) is 0 Å². The Labute approximate surface area is 82.4 Å². The van der Waals surface area contributed by atoms with Crippen LogP contribution in [0.5, 0.6) is 0 Å². The first-order valence-electron chi connectivity index (χ1n) is 3.65. The lowest BCUT2D eigenvalue weighted by atomic mass is 10.4. The summed E-state index contributed by atoms with van der Waals surface area (Å²) in [6.45, 7) is 0. The summed E-state index contributed by atoms with van der Waals surface area (Å²) in [4.78, 5) is 17.8. The van der Waals surface area contributed by atoms with Crippen molar-refractivity contribution in [3.63, 3.8) is 0 Å². The first-order chi connectivity index (χ1) is 6.27. The van der Waals surface area contributed by atoms with Crippen LogP contribution in [0.15, 0.2) is 40.0 Å². The summed E-state index contributed by atoms with van der Waals surface area (Å²) in [6.07, 6.45) is 4.85. The number of pyridine rings is 1. The van der Waals surface area contributed by atoms with Crippen molar-refractivity contribution in [3.8, 4) is 5.82 Å². The quantitative estimate of drug-likeness (QED) is 0.817. The first-order valence-corrected chi connectivity index (χ1v) is 4.44. The molecule has 2 aromatic rings. The van der Waals surface area contributed by atoms with Gasteiger partial charge in [-0.1, -0.05) is 15.9 Å². The molecule has 2 rings (SSSR count). The second-order valence-corrected chi connectivity index (χ2v) is 3.38. The van der Waals surface area contributed by atoms with Crippen LogP contribution in [-0.2, 0) is 0 Å². The van der Waals surface area contributed by atoms with Crippen molar-refractivity contribution in [3.05, 3.63) is 45.7 Å². The smallest absolute Gasteiger partial charge is 0.312 e. The number of nitrogens with one attached hydrogen (secondary N) is 1. The number of H-pyrrole nitrogens is 1. The number of hydrogen-bond acceptors (Lipinski definition) is 2. The molecule has 0 atom stereocenters. The van der Waals surface area contributed by atoms with E-state index < -0.39 is 0 Å². The maximum atomic E-state index is 11.2. The highest BCUT2D eigenvalue weighted by atomic mass is 79.9. The van der Waals surface area contributed by atoms with Crippen molar-refractivity contribution in [2.45, 2.75) is 0 Å². The summed E-state index contributed by atoms with van der Waals surface area (Å²) in [7, 11) is 0. The van der Waals surface area contributed by atoms with E-state index in [4.69, 9.17) is 0 Å². The van der Waals surface area contributed by atoms with Crippen LogP contribution in [0, 0.1) is 0 Å². The summed E-state index contributed by atoms with van der Waals surface area (Å²) in [5.74, 6) is 0.598. The molecular formula is C8H6BrN3O. The minimum absolute atomic E-state index is 0.189. The molecule has 5 heteroatoms. The van der Waals surface area contributed by atoms with Gasteiger partial charge in [0.15, 0.2) is 0 Å². The second kappa shape index (κ2) is 3.18. The molecule has 0 spiro atoms. The van der Waals surface area contributed by atoms with Crippen molar-refractivity contribution < 1.29 is 0 Å². The van der Waals surface area contributed by atoms with E-state index in [1.165, 1.54) is 4.57 Å². The SMILES string of the molecule is O=c1[nH]ccn1-c1cc(Br)ccn1. The molecule has 0 bridgehead atoms. The Morgan fingerprint density at radius 2 is 2.38 bits per heavy atom. The Kier molecular flexibility index (Phi) is 2.02. The van der Waals surface area contributed by atoms with Gasteiger partial charge < -0.3 is 4.98 Å². The molecule has 0 saturated carbocycles. The molecule has 0 amide bonds. The predicted molar refractivity (Wildman–Crippen MR) is 51.9 cm³/mol. The molecule has 66 valence electrons. The summed E-state index contributed by atoms with van der Waals surface area (Å²) in [5.41, 5.74) is -0.189. The molecule has 4 nitrogen and oxygen atoms in total. The monoisotopic (exact) mass is 239 g/mol. The minimum atomic E-state index is -0.189. The van der Waals surface area contributed by atoms with Crippen molar-refractivity contribution >= 4 is 15.9 Å². The molecule has 0 fully saturated rings. The summed E-state index contributed by atoms with van der Waals surface area (Å²) >= 11 is 3.31. The standard InChI is InChI=1S/C8H6BrN3O/c9-6-1-2-10-7(5-6)12-4-3-11-8(12)13/h1-5H,(H,11,13). The van der Waals surface area contributed by atoms with Crippen molar-refractivity contribution in [1.29, 1.82) is 0 Å². The van der Waals surface area contributed by atoms with E-state index in [1.54, 1.807) is 30.7 Å².